The second-order valence-corrected chi connectivity index (χ2v) is 3.29. The number of hydrogen-bond donors (Lipinski definition) is 0. The maximum atomic E-state index is 12.7. The molecule has 0 aliphatic rings. The lowest BCUT2D eigenvalue weighted by Crippen LogP contribution is -2.10. The Morgan fingerprint density at radius 2 is 1.94 bits per heavy atom. The molecule has 0 heterocycles. The fourth-order valence-corrected chi connectivity index (χ4v) is 1.36. The van der Waals surface area contributed by atoms with Crippen LogP contribution in [0.5, 0.6) is 5.75 Å². The summed E-state index contributed by atoms with van der Waals surface area (Å²) in [4.78, 5) is 11.2. The van der Waals surface area contributed by atoms with Crippen molar-refractivity contribution in [2.45, 2.75) is 20.0 Å². The van der Waals surface area contributed by atoms with E-state index >= 15 is 0 Å². The Kier molecular flexibility index (Phi) is 4.26. The van der Waals surface area contributed by atoms with Crippen LogP contribution in [0.3, 0.4) is 0 Å². The second-order valence-electron chi connectivity index (χ2n) is 3.29. The average molecular weight is 261 g/mol. The van der Waals surface area contributed by atoms with Crippen molar-refractivity contribution in [1.29, 1.82) is 5.26 Å². The van der Waals surface area contributed by atoms with Crippen LogP contribution < -0.4 is 4.74 Å². The number of Topliss-reactive ketones (excluding diaryl/α,β-unsaturated/α-hetero) is 1. The third-order valence-electron chi connectivity index (χ3n) is 2.07. The van der Waals surface area contributed by atoms with Gasteiger partial charge in [-0.05, 0) is 19.1 Å². The molecular formula is C11H7F4NO2. The first-order valence-corrected chi connectivity index (χ1v) is 4.68. The number of hydrogen-bond acceptors (Lipinski definition) is 3. The summed E-state index contributed by atoms with van der Waals surface area (Å²) in [6.45, 7) is -2.34. The highest BCUT2D eigenvalue weighted by Gasteiger charge is 2.23. The standard InChI is InChI=1S/C11H7F4NO2/c1-5(17)7-2-6(4-16)3-8(10(12)13)9(7)18-11(14)15/h2-3,10-11H,1H3. The number of ketones is 1. The van der Waals surface area contributed by atoms with Crippen molar-refractivity contribution in [2.24, 2.45) is 0 Å². The summed E-state index contributed by atoms with van der Waals surface area (Å²) in [6.07, 6.45) is -3.13. The van der Waals surface area contributed by atoms with E-state index in [0.29, 0.717) is 0 Å². The minimum atomic E-state index is -3.34. The first-order valence-electron chi connectivity index (χ1n) is 4.68. The summed E-state index contributed by atoms with van der Waals surface area (Å²) >= 11 is 0. The van der Waals surface area contributed by atoms with Gasteiger partial charge in [0.15, 0.2) is 5.78 Å². The SMILES string of the molecule is CC(=O)c1cc(C#N)cc(C(F)F)c1OC(F)F. The number of nitrogens with zero attached hydrogens (tertiary/aromatic N) is 1. The summed E-state index contributed by atoms with van der Waals surface area (Å²) in [6, 6.07) is 3.22. The second kappa shape index (κ2) is 5.49. The van der Waals surface area contributed by atoms with E-state index in [4.69, 9.17) is 5.26 Å². The van der Waals surface area contributed by atoms with Gasteiger partial charge in [0.05, 0.1) is 22.8 Å². The number of nitriles is 1. The molecular weight excluding hydrogens is 254 g/mol. The molecule has 0 atom stereocenters. The van der Waals surface area contributed by atoms with Crippen LogP contribution >= 0.6 is 0 Å². The Morgan fingerprint density at radius 3 is 2.33 bits per heavy atom. The summed E-state index contributed by atoms with van der Waals surface area (Å²) in [5.41, 5.74) is -1.60. The van der Waals surface area contributed by atoms with E-state index < -0.39 is 35.7 Å². The van der Waals surface area contributed by atoms with E-state index in [9.17, 15) is 22.4 Å². The van der Waals surface area contributed by atoms with Gasteiger partial charge in [0.2, 0.25) is 0 Å². The van der Waals surface area contributed by atoms with Crippen molar-refractivity contribution in [3.05, 3.63) is 28.8 Å². The van der Waals surface area contributed by atoms with Crippen LogP contribution in [0.25, 0.3) is 0 Å². The minimum Gasteiger partial charge on any atom is -0.434 e. The molecule has 0 aliphatic heterocycles. The average Bonchev–Trinajstić information content (AvgIpc) is 2.27. The number of halogens is 4. The fourth-order valence-electron chi connectivity index (χ4n) is 1.36. The smallest absolute Gasteiger partial charge is 0.387 e. The van der Waals surface area contributed by atoms with Gasteiger partial charge in [0.1, 0.15) is 5.75 Å². The summed E-state index contributed by atoms with van der Waals surface area (Å²) in [7, 11) is 0. The molecule has 0 N–H and O–H groups in total. The van der Waals surface area contributed by atoms with Crippen molar-refractivity contribution < 1.29 is 27.1 Å². The molecule has 0 spiro atoms. The van der Waals surface area contributed by atoms with Crippen LogP contribution in [0.4, 0.5) is 17.6 Å². The highest BCUT2D eigenvalue weighted by atomic mass is 19.3. The number of ether oxygens (including phenoxy) is 1. The molecule has 0 aromatic heterocycles. The monoisotopic (exact) mass is 261 g/mol. The quantitative estimate of drug-likeness (QED) is 0.617. The molecule has 0 amide bonds. The van der Waals surface area contributed by atoms with Crippen LogP contribution in [0.2, 0.25) is 0 Å². The molecule has 0 bridgehead atoms. The zero-order valence-corrected chi connectivity index (χ0v) is 9.08. The van der Waals surface area contributed by atoms with E-state index in [0.717, 1.165) is 19.1 Å². The Labute approximate surface area is 99.6 Å². The van der Waals surface area contributed by atoms with Crippen molar-refractivity contribution in [2.75, 3.05) is 0 Å². The molecule has 0 radical (unpaired) electrons. The molecule has 96 valence electrons. The number of rotatable bonds is 4. The largest absolute Gasteiger partial charge is 0.434 e. The molecule has 0 saturated heterocycles. The van der Waals surface area contributed by atoms with Gasteiger partial charge in [-0.15, -0.1) is 0 Å². The van der Waals surface area contributed by atoms with E-state index in [1.165, 1.54) is 0 Å². The minimum absolute atomic E-state index is 0.225. The summed E-state index contributed by atoms with van der Waals surface area (Å²) in [5, 5.41) is 8.63. The first kappa shape index (κ1) is 14.0. The van der Waals surface area contributed by atoms with Crippen LogP contribution in [0, 0.1) is 11.3 Å². The number of carbonyl (C=O) groups excluding carboxylic acids is 1. The lowest BCUT2D eigenvalue weighted by molar-refractivity contribution is -0.0522. The highest BCUT2D eigenvalue weighted by molar-refractivity contribution is 5.97. The predicted molar refractivity (Wildman–Crippen MR) is 52.8 cm³/mol. The Balaban J connectivity index is 3.51. The molecule has 3 nitrogen and oxygen atoms in total. The van der Waals surface area contributed by atoms with Gasteiger partial charge < -0.3 is 4.74 Å². The topological polar surface area (TPSA) is 50.1 Å². The normalized spacial score (nSPS) is 10.6. The van der Waals surface area contributed by atoms with Gasteiger partial charge in [0.25, 0.3) is 6.43 Å². The predicted octanol–water partition coefficient (Wildman–Crippen LogP) is 3.30. The molecule has 1 rings (SSSR count). The van der Waals surface area contributed by atoms with Crippen molar-refractivity contribution in [3.63, 3.8) is 0 Å². The van der Waals surface area contributed by atoms with Crippen molar-refractivity contribution in [3.8, 4) is 11.8 Å². The Bertz CT molecular complexity index is 509. The lowest BCUT2D eigenvalue weighted by Gasteiger charge is -2.14. The fraction of sp³-hybridized carbons (Fsp3) is 0.273. The molecule has 1 aromatic carbocycles. The van der Waals surface area contributed by atoms with Crippen molar-refractivity contribution >= 4 is 5.78 Å². The number of alkyl halides is 4. The molecule has 0 aliphatic carbocycles. The molecule has 0 fully saturated rings. The van der Waals surface area contributed by atoms with E-state index in [1.807, 2.05) is 0 Å². The van der Waals surface area contributed by atoms with E-state index in [-0.39, 0.29) is 5.56 Å². The molecule has 0 saturated carbocycles. The zero-order valence-electron chi connectivity index (χ0n) is 9.08. The number of benzene rings is 1. The maximum Gasteiger partial charge on any atom is 0.387 e. The van der Waals surface area contributed by atoms with E-state index in [2.05, 4.69) is 4.74 Å². The van der Waals surface area contributed by atoms with E-state index in [1.54, 1.807) is 6.07 Å². The summed E-state index contributed by atoms with van der Waals surface area (Å²) < 4.78 is 53.6. The third kappa shape index (κ3) is 2.97. The number of carbonyl (C=O) groups is 1. The van der Waals surface area contributed by atoms with Gasteiger partial charge in [-0.3, -0.25) is 4.79 Å². The van der Waals surface area contributed by atoms with Gasteiger partial charge >= 0.3 is 6.61 Å². The van der Waals surface area contributed by atoms with Gasteiger partial charge in [-0.25, -0.2) is 8.78 Å². The third-order valence-corrected chi connectivity index (χ3v) is 2.07. The van der Waals surface area contributed by atoms with Crippen LogP contribution in [-0.2, 0) is 0 Å². The van der Waals surface area contributed by atoms with Crippen LogP contribution in [-0.4, -0.2) is 12.4 Å². The Hall–Kier alpha value is -2.10. The van der Waals surface area contributed by atoms with Crippen LogP contribution in [0.1, 0.15) is 34.8 Å². The van der Waals surface area contributed by atoms with Gasteiger partial charge in [-0.1, -0.05) is 0 Å². The zero-order chi connectivity index (χ0) is 13.9. The molecule has 1 aromatic rings. The van der Waals surface area contributed by atoms with Crippen molar-refractivity contribution in [1.82, 2.24) is 0 Å². The molecule has 7 heteroatoms. The van der Waals surface area contributed by atoms with Gasteiger partial charge in [0, 0.05) is 0 Å². The maximum absolute atomic E-state index is 12.7. The molecule has 18 heavy (non-hydrogen) atoms. The van der Waals surface area contributed by atoms with Gasteiger partial charge in [-0.2, -0.15) is 14.0 Å². The van der Waals surface area contributed by atoms with Crippen LogP contribution in [0.15, 0.2) is 12.1 Å². The first-order chi connectivity index (χ1) is 8.36. The highest BCUT2D eigenvalue weighted by Crippen LogP contribution is 2.34. The lowest BCUT2D eigenvalue weighted by atomic mass is 10.0. The Morgan fingerprint density at radius 1 is 1.33 bits per heavy atom. The molecule has 0 unspecified atom stereocenters. The summed E-state index contributed by atoms with van der Waals surface area (Å²) in [5.74, 6) is -1.63.